The second kappa shape index (κ2) is 8.52. The molecule has 0 heterocycles. The minimum Gasteiger partial charge on any atom is -0.378 e. The van der Waals surface area contributed by atoms with E-state index in [0.29, 0.717) is 37.4 Å². The van der Waals surface area contributed by atoms with Gasteiger partial charge in [-0.05, 0) is 13.8 Å². The van der Waals surface area contributed by atoms with Gasteiger partial charge in [0.2, 0.25) is 11.8 Å². The molecule has 0 aliphatic heterocycles. The van der Waals surface area contributed by atoms with E-state index in [0.717, 1.165) is 0 Å². The highest BCUT2D eigenvalue weighted by molar-refractivity contribution is 5.92. The molecule has 0 aromatic heterocycles. The van der Waals surface area contributed by atoms with Gasteiger partial charge in [-0.3, -0.25) is 9.59 Å². The lowest BCUT2D eigenvalue weighted by Crippen LogP contribution is -2.30. The van der Waals surface area contributed by atoms with Gasteiger partial charge in [0.25, 0.3) is 0 Å². The van der Waals surface area contributed by atoms with E-state index < -0.39 is 0 Å². The molecule has 2 N–H and O–H groups in total. The molecule has 0 radical (unpaired) electrons. The van der Waals surface area contributed by atoms with Crippen molar-refractivity contribution in [2.24, 2.45) is 0 Å². The Kier molecular flexibility index (Phi) is 7.71. The lowest BCUT2D eigenvalue weighted by atomic mass is 10.3. The van der Waals surface area contributed by atoms with Crippen LogP contribution in [0, 0.1) is 0 Å². The van der Waals surface area contributed by atoms with Crippen molar-refractivity contribution < 1.29 is 14.3 Å². The Morgan fingerprint density at radius 3 is 1.59 bits per heavy atom. The van der Waals surface area contributed by atoms with Crippen molar-refractivity contribution in [1.29, 1.82) is 0 Å². The first-order valence-corrected chi connectivity index (χ1v) is 5.40. The smallest absolute Gasteiger partial charge is 0.246 e. The van der Waals surface area contributed by atoms with Gasteiger partial charge in [-0.2, -0.15) is 0 Å². The molecule has 96 valence electrons. The molecule has 17 heavy (non-hydrogen) atoms. The third-order valence-corrected chi connectivity index (χ3v) is 1.84. The summed E-state index contributed by atoms with van der Waals surface area (Å²) in [5.41, 5.74) is 0.942. The second-order valence-corrected chi connectivity index (χ2v) is 3.68. The first-order valence-electron chi connectivity index (χ1n) is 5.40. The fourth-order valence-electron chi connectivity index (χ4n) is 0.877. The zero-order valence-electron chi connectivity index (χ0n) is 10.5. The quantitative estimate of drug-likeness (QED) is 0.476. The molecular formula is C12H20N2O3. The highest BCUT2D eigenvalue weighted by atomic mass is 16.5. The topological polar surface area (TPSA) is 67.4 Å². The van der Waals surface area contributed by atoms with Gasteiger partial charge in [-0.1, -0.05) is 13.2 Å². The minimum atomic E-state index is -0.177. The molecule has 0 spiro atoms. The third-order valence-electron chi connectivity index (χ3n) is 1.84. The molecular weight excluding hydrogens is 220 g/mol. The van der Waals surface area contributed by atoms with E-state index in [4.69, 9.17) is 4.74 Å². The maximum Gasteiger partial charge on any atom is 0.246 e. The summed E-state index contributed by atoms with van der Waals surface area (Å²) in [5, 5.41) is 5.27. The van der Waals surface area contributed by atoms with Crippen LogP contribution in [0.2, 0.25) is 0 Å². The van der Waals surface area contributed by atoms with Gasteiger partial charge in [0, 0.05) is 24.2 Å². The van der Waals surface area contributed by atoms with E-state index in [-0.39, 0.29) is 11.8 Å². The molecule has 0 rings (SSSR count). The Labute approximate surface area is 102 Å². The first kappa shape index (κ1) is 15.4. The summed E-state index contributed by atoms with van der Waals surface area (Å²) in [7, 11) is 0. The van der Waals surface area contributed by atoms with Gasteiger partial charge >= 0.3 is 0 Å². The van der Waals surface area contributed by atoms with E-state index in [2.05, 4.69) is 23.8 Å². The number of ether oxygens (including phenoxy) is 1. The van der Waals surface area contributed by atoms with Gasteiger partial charge in [0.1, 0.15) is 0 Å². The molecule has 0 saturated carbocycles. The van der Waals surface area contributed by atoms with Crippen molar-refractivity contribution in [2.75, 3.05) is 26.3 Å². The Morgan fingerprint density at radius 2 is 1.29 bits per heavy atom. The van der Waals surface area contributed by atoms with Gasteiger partial charge < -0.3 is 15.4 Å². The summed E-state index contributed by atoms with van der Waals surface area (Å²) in [6, 6.07) is 0. The van der Waals surface area contributed by atoms with Crippen molar-refractivity contribution in [3.8, 4) is 0 Å². The standard InChI is InChI=1S/C12H20N2O3/c1-9(2)11(15)13-5-7-17-8-6-14-12(16)10(3)4/h1,3,5-8H2,2,4H3,(H,13,15)(H,14,16). The van der Waals surface area contributed by atoms with Crippen LogP contribution in [0.15, 0.2) is 24.3 Å². The van der Waals surface area contributed by atoms with Crippen LogP contribution in [-0.4, -0.2) is 38.1 Å². The molecule has 0 unspecified atom stereocenters. The molecule has 5 heteroatoms. The van der Waals surface area contributed by atoms with Crippen LogP contribution in [0.5, 0.6) is 0 Å². The van der Waals surface area contributed by atoms with Gasteiger partial charge in [-0.25, -0.2) is 0 Å². The second-order valence-electron chi connectivity index (χ2n) is 3.68. The van der Waals surface area contributed by atoms with Crippen LogP contribution in [0.4, 0.5) is 0 Å². The molecule has 0 atom stereocenters. The number of rotatable bonds is 8. The molecule has 0 bridgehead atoms. The Morgan fingerprint density at radius 1 is 0.941 bits per heavy atom. The summed E-state index contributed by atoms with van der Waals surface area (Å²) in [6.45, 7) is 12.0. The van der Waals surface area contributed by atoms with E-state index in [1.807, 2.05) is 0 Å². The number of carbonyl (C=O) groups is 2. The summed E-state index contributed by atoms with van der Waals surface area (Å²) in [6.07, 6.45) is 0. The van der Waals surface area contributed by atoms with E-state index in [9.17, 15) is 9.59 Å². The zero-order valence-corrected chi connectivity index (χ0v) is 10.5. The number of hydrogen-bond acceptors (Lipinski definition) is 3. The predicted molar refractivity (Wildman–Crippen MR) is 66.5 cm³/mol. The monoisotopic (exact) mass is 240 g/mol. The van der Waals surface area contributed by atoms with Crippen molar-refractivity contribution in [1.82, 2.24) is 10.6 Å². The molecule has 0 saturated heterocycles. The van der Waals surface area contributed by atoms with Crippen molar-refractivity contribution in [2.45, 2.75) is 13.8 Å². The molecule has 0 aromatic rings. The Hall–Kier alpha value is -1.62. The van der Waals surface area contributed by atoms with Crippen LogP contribution in [0.25, 0.3) is 0 Å². The maximum atomic E-state index is 11.1. The van der Waals surface area contributed by atoms with Crippen LogP contribution in [-0.2, 0) is 14.3 Å². The fourth-order valence-corrected chi connectivity index (χ4v) is 0.877. The van der Waals surface area contributed by atoms with Crippen LogP contribution < -0.4 is 10.6 Å². The maximum absolute atomic E-state index is 11.1. The number of nitrogens with one attached hydrogen (secondary N) is 2. The molecule has 2 amide bonds. The molecule has 0 aliphatic carbocycles. The normalized spacial score (nSPS) is 9.53. The Bertz CT molecular complexity index is 281. The highest BCUT2D eigenvalue weighted by Crippen LogP contribution is 1.86. The highest BCUT2D eigenvalue weighted by Gasteiger charge is 2.00. The lowest BCUT2D eigenvalue weighted by Gasteiger charge is -2.07. The van der Waals surface area contributed by atoms with Crippen LogP contribution in [0.3, 0.4) is 0 Å². The molecule has 0 fully saturated rings. The van der Waals surface area contributed by atoms with E-state index in [1.54, 1.807) is 13.8 Å². The fraction of sp³-hybridized carbons (Fsp3) is 0.500. The zero-order chi connectivity index (χ0) is 13.3. The van der Waals surface area contributed by atoms with Crippen molar-refractivity contribution in [3.63, 3.8) is 0 Å². The number of amides is 2. The summed E-state index contributed by atoms with van der Waals surface area (Å²) >= 11 is 0. The summed E-state index contributed by atoms with van der Waals surface area (Å²) < 4.78 is 5.21. The summed E-state index contributed by atoms with van der Waals surface area (Å²) in [4.78, 5) is 22.1. The predicted octanol–water partition coefficient (Wildman–Crippen LogP) is 0.388. The minimum absolute atomic E-state index is 0.177. The first-order chi connectivity index (χ1) is 7.95. The Balaban J connectivity index is 3.36. The molecule has 0 aliphatic rings. The van der Waals surface area contributed by atoms with Crippen LogP contribution in [0.1, 0.15) is 13.8 Å². The largest absolute Gasteiger partial charge is 0.378 e. The molecule has 0 aromatic carbocycles. The van der Waals surface area contributed by atoms with Crippen LogP contribution >= 0.6 is 0 Å². The van der Waals surface area contributed by atoms with Gasteiger partial charge in [-0.15, -0.1) is 0 Å². The average molecular weight is 240 g/mol. The number of carbonyl (C=O) groups excluding carboxylic acids is 2. The van der Waals surface area contributed by atoms with Gasteiger partial charge in [0.05, 0.1) is 13.2 Å². The summed E-state index contributed by atoms with van der Waals surface area (Å²) in [5.74, 6) is -0.353. The van der Waals surface area contributed by atoms with E-state index in [1.165, 1.54) is 0 Å². The molecule has 5 nitrogen and oxygen atoms in total. The average Bonchev–Trinajstić information content (AvgIpc) is 2.26. The van der Waals surface area contributed by atoms with Gasteiger partial charge in [0.15, 0.2) is 0 Å². The number of hydrogen-bond donors (Lipinski definition) is 2. The van der Waals surface area contributed by atoms with Crippen molar-refractivity contribution in [3.05, 3.63) is 24.3 Å². The third kappa shape index (κ3) is 8.21. The van der Waals surface area contributed by atoms with Crippen molar-refractivity contribution >= 4 is 11.8 Å². The van der Waals surface area contributed by atoms with E-state index >= 15 is 0 Å². The lowest BCUT2D eigenvalue weighted by molar-refractivity contribution is -0.118. The SMILES string of the molecule is C=C(C)C(=O)NCCOCCNC(=O)C(=C)C.